The SMILES string of the molecule is CCC1CNc2ccc(OC)nc2N1. The summed E-state index contributed by atoms with van der Waals surface area (Å²) in [4.78, 5) is 4.33. The van der Waals surface area contributed by atoms with Crippen molar-refractivity contribution >= 4 is 11.5 Å². The Bertz CT molecular complexity index is 327. The summed E-state index contributed by atoms with van der Waals surface area (Å²) in [6.07, 6.45) is 1.09. The maximum atomic E-state index is 5.07. The minimum atomic E-state index is 0.460. The van der Waals surface area contributed by atoms with Crippen molar-refractivity contribution in [2.24, 2.45) is 0 Å². The van der Waals surface area contributed by atoms with Gasteiger partial charge in [-0.2, -0.15) is 4.98 Å². The van der Waals surface area contributed by atoms with Gasteiger partial charge in [0.1, 0.15) is 0 Å². The van der Waals surface area contributed by atoms with Crippen molar-refractivity contribution < 1.29 is 4.74 Å². The van der Waals surface area contributed by atoms with E-state index in [4.69, 9.17) is 4.74 Å². The Morgan fingerprint density at radius 1 is 1.57 bits per heavy atom. The smallest absolute Gasteiger partial charge is 0.215 e. The fraction of sp³-hybridized carbons (Fsp3) is 0.500. The number of nitrogens with zero attached hydrogens (tertiary/aromatic N) is 1. The Labute approximate surface area is 83.7 Å². The van der Waals surface area contributed by atoms with Crippen LogP contribution >= 0.6 is 0 Å². The molecule has 1 aliphatic heterocycles. The van der Waals surface area contributed by atoms with Crippen LogP contribution in [0.15, 0.2) is 12.1 Å². The number of rotatable bonds is 2. The summed E-state index contributed by atoms with van der Waals surface area (Å²) < 4.78 is 5.07. The van der Waals surface area contributed by atoms with Crippen molar-refractivity contribution in [2.45, 2.75) is 19.4 Å². The second-order valence-electron chi connectivity index (χ2n) is 3.38. The van der Waals surface area contributed by atoms with Crippen molar-refractivity contribution in [1.29, 1.82) is 0 Å². The molecule has 2 rings (SSSR count). The number of ether oxygens (including phenoxy) is 1. The molecule has 0 radical (unpaired) electrons. The summed E-state index contributed by atoms with van der Waals surface area (Å²) in [7, 11) is 1.63. The lowest BCUT2D eigenvalue weighted by molar-refractivity contribution is 0.398. The van der Waals surface area contributed by atoms with Crippen molar-refractivity contribution in [3.63, 3.8) is 0 Å². The summed E-state index contributed by atoms with van der Waals surface area (Å²) in [5, 5.41) is 6.70. The molecule has 0 saturated heterocycles. The molecule has 1 atom stereocenters. The van der Waals surface area contributed by atoms with Gasteiger partial charge < -0.3 is 15.4 Å². The molecule has 2 N–H and O–H groups in total. The van der Waals surface area contributed by atoms with Crippen LogP contribution in [-0.4, -0.2) is 24.7 Å². The van der Waals surface area contributed by atoms with Crippen molar-refractivity contribution in [3.05, 3.63) is 12.1 Å². The van der Waals surface area contributed by atoms with E-state index in [1.54, 1.807) is 7.11 Å². The fourth-order valence-corrected chi connectivity index (χ4v) is 1.53. The molecule has 4 nitrogen and oxygen atoms in total. The maximum absolute atomic E-state index is 5.07. The molecule has 0 aromatic carbocycles. The van der Waals surface area contributed by atoms with Crippen LogP contribution in [0.3, 0.4) is 0 Å². The molecule has 0 amide bonds. The van der Waals surface area contributed by atoms with Gasteiger partial charge in [-0.15, -0.1) is 0 Å². The van der Waals surface area contributed by atoms with Crippen LogP contribution < -0.4 is 15.4 Å². The topological polar surface area (TPSA) is 46.2 Å². The Balaban J connectivity index is 2.25. The van der Waals surface area contributed by atoms with Crippen LogP contribution in [0.25, 0.3) is 0 Å². The Morgan fingerprint density at radius 3 is 3.14 bits per heavy atom. The summed E-state index contributed by atoms with van der Waals surface area (Å²) in [5.41, 5.74) is 1.05. The predicted octanol–water partition coefficient (Wildman–Crippen LogP) is 1.71. The van der Waals surface area contributed by atoms with Gasteiger partial charge in [0, 0.05) is 18.7 Å². The zero-order valence-corrected chi connectivity index (χ0v) is 8.50. The molecule has 4 heteroatoms. The molecule has 0 bridgehead atoms. The van der Waals surface area contributed by atoms with Gasteiger partial charge in [-0.1, -0.05) is 6.92 Å². The van der Waals surface area contributed by atoms with Crippen LogP contribution in [0.1, 0.15) is 13.3 Å². The second kappa shape index (κ2) is 3.74. The minimum absolute atomic E-state index is 0.460. The number of nitrogens with one attached hydrogen (secondary N) is 2. The lowest BCUT2D eigenvalue weighted by Gasteiger charge is -2.26. The van der Waals surface area contributed by atoms with Gasteiger partial charge in [-0.05, 0) is 12.5 Å². The van der Waals surface area contributed by atoms with Gasteiger partial charge in [0.25, 0.3) is 0 Å². The fourth-order valence-electron chi connectivity index (χ4n) is 1.53. The van der Waals surface area contributed by atoms with Crippen LogP contribution in [0.2, 0.25) is 0 Å². The van der Waals surface area contributed by atoms with Gasteiger partial charge in [-0.25, -0.2) is 0 Å². The van der Waals surface area contributed by atoms with Crippen molar-refractivity contribution in [3.8, 4) is 5.88 Å². The summed E-state index contributed by atoms with van der Waals surface area (Å²) >= 11 is 0. The first-order chi connectivity index (χ1) is 6.83. The first-order valence-corrected chi connectivity index (χ1v) is 4.89. The molecule has 2 heterocycles. The molecular formula is C10H15N3O. The monoisotopic (exact) mass is 193 g/mol. The van der Waals surface area contributed by atoms with Crippen molar-refractivity contribution in [2.75, 3.05) is 24.3 Å². The quantitative estimate of drug-likeness (QED) is 0.750. The lowest BCUT2D eigenvalue weighted by atomic mass is 10.1. The molecule has 14 heavy (non-hydrogen) atoms. The number of anilines is 2. The predicted molar refractivity (Wildman–Crippen MR) is 57.0 cm³/mol. The highest BCUT2D eigenvalue weighted by atomic mass is 16.5. The van der Waals surface area contributed by atoms with E-state index in [9.17, 15) is 0 Å². The van der Waals surface area contributed by atoms with E-state index in [-0.39, 0.29) is 0 Å². The Kier molecular flexibility index (Phi) is 2.43. The van der Waals surface area contributed by atoms with E-state index in [1.807, 2.05) is 12.1 Å². The Hall–Kier alpha value is -1.45. The van der Waals surface area contributed by atoms with E-state index in [2.05, 4.69) is 22.5 Å². The van der Waals surface area contributed by atoms with Gasteiger partial charge >= 0.3 is 0 Å². The van der Waals surface area contributed by atoms with Gasteiger partial charge in [0.2, 0.25) is 5.88 Å². The normalized spacial score (nSPS) is 19.1. The lowest BCUT2D eigenvalue weighted by Crippen LogP contribution is -2.32. The third-order valence-electron chi connectivity index (χ3n) is 2.45. The molecule has 0 aliphatic carbocycles. The first-order valence-electron chi connectivity index (χ1n) is 4.89. The zero-order chi connectivity index (χ0) is 9.97. The molecule has 1 aromatic heterocycles. The maximum Gasteiger partial charge on any atom is 0.215 e. The van der Waals surface area contributed by atoms with E-state index in [0.29, 0.717) is 11.9 Å². The summed E-state index contributed by atoms with van der Waals surface area (Å²) in [6, 6.07) is 4.31. The first kappa shape index (κ1) is 9.12. The number of hydrogen-bond acceptors (Lipinski definition) is 4. The van der Waals surface area contributed by atoms with Gasteiger partial charge in [0.15, 0.2) is 5.82 Å². The number of aromatic nitrogens is 1. The second-order valence-corrected chi connectivity index (χ2v) is 3.38. The molecule has 0 saturated carbocycles. The molecule has 1 aromatic rings. The molecule has 76 valence electrons. The number of fused-ring (bicyclic) bond motifs is 1. The highest BCUT2D eigenvalue weighted by molar-refractivity contribution is 5.67. The third kappa shape index (κ3) is 1.60. The van der Waals surface area contributed by atoms with Crippen molar-refractivity contribution in [1.82, 2.24) is 4.98 Å². The van der Waals surface area contributed by atoms with E-state index >= 15 is 0 Å². The van der Waals surface area contributed by atoms with E-state index in [1.165, 1.54) is 0 Å². The van der Waals surface area contributed by atoms with Crippen LogP contribution in [0.5, 0.6) is 5.88 Å². The molecule has 0 spiro atoms. The highest BCUT2D eigenvalue weighted by Crippen LogP contribution is 2.26. The number of pyridine rings is 1. The van der Waals surface area contributed by atoms with Crippen LogP contribution in [-0.2, 0) is 0 Å². The van der Waals surface area contributed by atoms with Gasteiger partial charge in [-0.3, -0.25) is 0 Å². The molecule has 1 aliphatic rings. The molecule has 1 unspecified atom stereocenters. The number of hydrogen-bond donors (Lipinski definition) is 2. The largest absolute Gasteiger partial charge is 0.481 e. The van der Waals surface area contributed by atoms with E-state index in [0.717, 1.165) is 24.5 Å². The zero-order valence-electron chi connectivity index (χ0n) is 8.50. The Morgan fingerprint density at radius 2 is 2.43 bits per heavy atom. The minimum Gasteiger partial charge on any atom is -0.481 e. The van der Waals surface area contributed by atoms with Crippen LogP contribution in [0.4, 0.5) is 11.5 Å². The van der Waals surface area contributed by atoms with Crippen LogP contribution in [0, 0.1) is 0 Å². The summed E-state index contributed by atoms with van der Waals surface area (Å²) in [6.45, 7) is 3.11. The number of methoxy groups -OCH3 is 1. The molecular weight excluding hydrogens is 178 g/mol. The third-order valence-corrected chi connectivity index (χ3v) is 2.45. The standard InChI is InChI=1S/C10H15N3O/c1-3-7-6-11-8-4-5-9(14-2)13-10(8)12-7/h4-5,7,11H,3,6H2,1-2H3,(H,12,13). The molecule has 0 fully saturated rings. The van der Waals surface area contributed by atoms with Gasteiger partial charge in [0.05, 0.1) is 12.8 Å². The van der Waals surface area contributed by atoms with E-state index < -0.39 is 0 Å². The average molecular weight is 193 g/mol. The highest BCUT2D eigenvalue weighted by Gasteiger charge is 2.16. The average Bonchev–Trinajstić information content (AvgIpc) is 2.27. The summed E-state index contributed by atoms with van der Waals surface area (Å²) in [5.74, 6) is 1.54.